The number of nitrogens with zero attached hydrogens (tertiary/aromatic N) is 2. The van der Waals surface area contributed by atoms with Crippen LogP contribution in [0.4, 0.5) is 4.79 Å². The number of rotatable bonds is 4. The summed E-state index contributed by atoms with van der Waals surface area (Å²) in [5.41, 5.74) is -0.274. The molecule has 0 aliphatic carbocycles. The zero-order valence-electron chi connectivity index (χ0n) is 21.2. The number of carbonyl (C=O) groups excluding carboxylic acids is 1. The van der Waals surface area contributed by atoms with E-state index < -0.39 is 13.5 Å². The van der Waals surface area contributed by atoms with Crippen molar-refractivity contribution in [2.75, 3.05) is 13.2 Å². The lowest BCUT2D eigenvalue weighted by Crippen LogP contribution is -2.43. The molecule has 2 aromatic carbocycles. The van der Waals surface area contributed by atoms with Crippen molar-refractivity contribution in [3.05, 3.63) is 60.7 Å². The third kappa shape index (κ3) is 5.63. The first-order chi connectivity index (χ1) is 16.0. The molecule has 0 spiro atoms. The molecule has 2 heterocycles. The first kappa shape index (κ1) is 24.7. The highest BCUT2D eigenvalue weighted by molar-refractivity contribution is 7.73. The molecule has 2 aliphatic heterocycles. The molecule has 3 atom stereocenters. The quantitative estimate of drug-likeness (QED) is 0.555. The van der Waals surface area contributed by atoms with Gasteiger partial charge in [0.2, 0.25) is 5.90 Å². The average molecular weight is 481 g/mol. The van der Waals surface area contributed by atoms with E-state index in [-0.39, 0.29) is 29.3 Å². The summed E-state index contributed by atoms with van der Waals surface area (Å²) >= 11 is 0. The van der Waals surface area contributed by atoms with Crippen LogP contribution in [-0.2, 0) is 9.47 Å². The van der Waals surface area contributed by atoms with E-state index in [0.29, 0.717) is 19.0 Å². The molecule has 5 nitrogen and oxygen atoms in total. The lowest BCUT2D eigenvalue weighted by molar-refractivity contribution is 0.0254. The van der Waals surface area contributed by atoms with E-state index >= 15 is 0 Å². The molecule has 0 bridgehead atoms. The van der Waals surface area contributed by atoms with Crippen molar-refractivity contribution in [2.24, 2.45) is 10.4 Å². The number of likely N-dealkylation sites (tertiary alicyclic amines) is 1. The zero-order chi connectivity index (χ0) is 24.5. The van der Waals surface area contributed by atoms with Gasteiger partial charge >= 0.3 is 6.09 Å². The van der Waals surface area contributed by atoms with Gasteiger partial charge in [0.05, 0.1) is 6.04 Å². The van der Waals surface area contributed by atoms with Crippen LogP contribution in [0.1, 0.15) is 48.0 Å². The van der Waals surface area contributed by atoms with Gasteiger partial charge in [0, 0.05) is 12.2 Å². The molecular weight excluding hydrogens is 443 g/mol. The number of benzene rings is 2. The third-order valence-electron chi connectivity index (χ3n) is 6.30. The molecule has 0 unspecified atom stereocenters. The summed E-state index contributed by atoms with van der Waals surface area (Å²) in [6.07, 6.45) is 0.520. The van der Waals surface area contributed by atoms with Gasteiger partial charge < -0.3 is 9.47 Å². The van der Waals surface area contributed by atoms with Gasteiger partial charge in [-0.05, 0) is 51.1 Å². The second-order valence-corrected chi connectivity index (χ2v) is 13.7. The normalized spacial score (nSPS) is 23.1. The maximum Gasteiger partial charge on any atom is 0.410 e. The molecule has 4 rings (SSSR count). The Kier molecular flexibility index (Phi) is 7.05. The van der Waals surface area contributed by atoms with Crippen LogP contribution in [0.25, 0.3) is 0 Å². The minimum absolute atomic E-state index is 0.0111. The monoisotopic (exact) mass is 480 g/mol. The van der Waals surface area contributed by atoms with Gasteiger partial charge in [-0.25, -0.2) is 9.79 Å². The number of hydrogen-bond donors (Lipinski definition) is 0. The molecule has 1 amide bonds. The predicted molar refractivity (Wildman–Crippen MR) is 141 cm³/mol. The van der Waals surface area contributed by atoms with Crippen molar-refractivity contribution in [3.63, 3.8) is 0 Å². The van der Waals surface area contributed by atoms with Crippen LogP contribution >= 0.6 is 7.92 Å². The standard InChI is InChI=1S/C28H37N2O3P/c1-27(2,3)24-19-32-25(29-24)23-17-22(18-30(23)26(31)33-28(4,5)6)34(20-13-9-7-10-14-20)21-15-11-8-12-16-21/h7-16,22-24H,17-19H2,1-6H3/t22-,23-,24+/m0/s1. The Hall–Kier alpha value is -2.39. The fourth-order valence-electron chi connectivity index (χ4n) is 4.52. The summed E-state index contributed by atoms with van der Waals surface area (Å²) in [4.78, 5) is 20.2. The van der Waals surface area contributed by atoms with Crippen molar-refractivity contribution in [2.45, 2.75) is 71.3 Å². The number of carbonyl (C=O) groups is 1. The first-order valence-electron chi connectivity index (χ1n) is 12.1. The molecule has 0 radical (unpaired) electrons. The molecule has 6 heteroatoms. The molecule has 182 valence electrons. The second kappa shape index (κ2) is 9.70. The fourth-order valence-corrected chi connectivity index (χ4v) is 7.40. The summed E-state index contributed by atoms with van der Waals surface area (Å²) < 4.78 is 12.0. The van der Waals surface area contributed by atoms with Gasteiger partial charge in [-0.1, -0.05) is 81.4 Å². The Morgan fingerprint density at radius 2 is 1.53 bits per heavy atom. The largest absolute Gasteiger partial charge is 0.477 e. The first-order valence-corrected chi connectivity index (χ1v) is 13.5. The summed E-state index contributed by atoms with van der Waals surface area (Å²) in [6, 6.07) is 21.2. The van der Waals surface area contributed by atoms with E-state index in [1.807, 2.05) is 25.7 Å². The molecule has 1 saturated heterocycles. The Balaban J connectivity index is 1.69. The lowest BCUT2D eigenvalue weighted by Gasteiger charge is -2.28. The predicted octanol–water partition coefficient (Wildman–Crippen LogP) is 5.34. The Labute approximate surface area is 205 Å². The van der Waals surface area contributed by atoms with E-state index in [1.54, 1.807) is 0 Å². The van der Waals surface area contributed by atoms with Crippen molar-refractivity contribution in [3.8, 4) is 0 Å². The molecule has 2 aliphatic rings. The molecule has 1 fully saturated rings. The topological polar surface area (TPSA) is 51.1 Å². The molecule has 0 saturated carbocycles. The Morgan fingerprint density at radius 3 is 2.00 bits per heavy atom. The number of amides is 1. The van der Waals surface area contributed by atoms with Gasteiger partial charge in [0.1, 0.15) is 18.2 Å². The SMILES string of the molecule is CC(C)(C)OC(=O)N1C[C@@H](P(c2ccccc2)c2ccccc2)C[C@H]1C1=N[C@@H](C(C)(C)C)CO1. The lowest BCUT2D eigenvalue weighted by atomic mass is 9.88. The van der Waals surface area contributed by atoms with Crippen LogP contribution in [-0.4, -0.2) is 53.4 Å². The highest BCUT2D eigenvalue weighted by Gasteiger charge is 2.46. The van der Waals surface area contributed by atoms with Crippen LogP contribution in [0.5, 0.6) is 0 Å². The number of ether oxygens (including phenoxy) is 2. The van der Waals surface area contributed by atoms with Crippen molar-refractivity contribution in [1.29, 1.82) is 0 Å². The number of hydrogen-bond acceptors (Lipinski definition) is 4. The smallest absolute Gasteiger partial charge is 0.410 e. The van der Waals surface area contributed by atoms with E-state index in [2.05, 4.69) is 81.4 Å². The van der Waals surface area contributed by atoms with Crippen LogP contribution in [0.2, 0.25) is 0 Å². The van der Waals surface area contributed by atoms with E-state index in [1.165, 1.54) is 10.6 Å². The molecule has 0 aromatic heterocycles. The molecule has 2 aromatic rings. The minimum Gasteiger partial charge on any atom is -0.477 e. The van der Waals surface area contributed by atoms with Crippen molar-refractivity contribution >= 4 is 30.5 Å². The average Bonchev–Trinajstić information content (AvgIpc) is 3.42. The van der Waals surface area contributed by atoms with Gasteiger partial charge in [-0.2, -0.15) is 0 Å². The summed E-state index contributed by atoms with van der Waals surface area (Å²) in [6.45, 7) is 13.5. The fraction of sp³-hybridized carbons (Fsp3) is 0.500. The molecule has 34 heavy (non-hydrogen) atoms. The highest BCUT2D eigenvalue weighted by Crippen LogP contribution is 2.46. The maximum atomic E-state index is 13.3. The van der Waals surface area contributed by atoms with Gasteiger partial charge in [-0.15, -0.1) is 0 Å². The number of aliphatic imine (C=N–C) groups is 1. The van der Waals surface area contributed by atoms with Crippen LogP contribution < -0.4 is 10.6 Å². The Morgan fingerprint density at radius 1 is 0.971 bits per heavy atom. The van der Waals surface area contributed by atoms with Crippen LogP contribution in [0.3, 0.4) is 0 Å². The molecular formula is C28H37N2O3P. The third-order valence-corrected chi connectivity index (χ3v) is 9.11. The second-order valence-electron chi connectivity index (χ2n) is 11.2. The van der Waals surface area contributed by atoms with Gasteiger partial charge in [0.25, 0.3) is 0 Å². The van der Waals surface area contributed by atoms with Gasteiger partial charge in [0.15, 0.2) is 0 Å². The van der Waals surface area contributed by atoms with Crippen molar-refractivity contribution in [1.82, 2.24) is 4.90 Å². The summed E-state index contributed by atoms with van der Waals surface area (Å²) in [7, 11) is -0.671. The molecule has 0 N–H and O–H groups in total. The van der Waals surface area contributed by atoms with E-state index in [4.69, 9.17) is 14.5 Å². The van der Waals surface area contributed by atoms with E-state index in [0.717, 1.165) is 6.42 Å². The Bertz CT molecular complexity index is 972. The summed E-state index contributed by atoms with van der Waals surface area (Å²) in [5.74, 6) is 0.685. The highest BCUT2D eigenvalue weighted by atomic mass is 31.1. The van der Waals surface area contributed by atoms with E-state index in [9.17, 15) is 4.79 Å². The zero-order valence-corrected chi connectivity index (χ0v) is 22.1. The maximum absolute atomic E-state index is 13.3. The van der Waals surface area contributed by atoms with Crippen molar-refractivity contribution < 1.29 is 14.3 Å². The minimum atomic E-state index is -0.671. The van der Waals surface area contributed by atoms with Crippen LogP contribution in [0, 0.1) is 5.41 Å². The summed E-state index contributed by atoms with van der Waals surface area (Å²) in [5, 5.41) is 2.64. The van der Waals surface area contributed by atoms with Crippen LogP contribution in [0.15, 0.2) is 65.7 Å². The van der Waals surface area contributed by atoms with Gasteiger partial charge in [-0.3, -0.25) is 4.90 Å².